The normalized spacial score (nSPS) is 20.6. The number of H-pyrrole nitrogens is 1. The average molecular weight is 344 g/mol. The van der Waals surface area contributed by atoms with Crippen LogP contribution in [0.15, 0.2) is 33.9 Å². The van der Waals surface area contributed by atoms with Gasteiger partial charge in [-0.25, -0.2) is 4.79 Å². The number of benzene rings is 1. The fourth-order valence-corrected chi connectivity index (χ4v) is 3.66. The number of aromatic nitrogens is 2. The van der Waals surface area contributed by atoms with E-state index in [0.29, 0.717) is 29.4 Å². The van der Waals surface area contributed by atoms with E-state index in [1.54, 1.807) is 24.3 Å². The zero-order valence-corrected chi connectivity index (χ0v) is 14.9. The molecule has 134 valence electrons. The first kappa shape index (κ1) is 17.4. The van der Waals surface area contributed by atoms with Crippen molar-refractivity contribution in [1.82, 2.24) is 19.4 Å². The average Bonchev–Trinajstić information content (AvgIpc) is 2.96. The van der Waals surface area contributed by atoms with Crippen molar-refractivity contribution in [2.24, 2.45) is 5.92 Å². The number of fused-ring (bicyclic) bond motifs is 1. The van der Waals surface area contributed by atoms with Gasteiger partial charge in [0.25, 0.3) is 5.56 Å². The molecule has 0 spiro atoms. The van der Waals surface area contributed by atoms with Crippen molar-refractivity contribution >= 4 is 16.8 Å². The zero-order chi connectivity index (χ0) is 18.1. The quantitative estimate of drug-likeness (QED) is 0.875. The molecule has 1 amide bonds. The lowest BCUT2D eigenvalue weighted by molar-refractivity contribution is -0.130. The van der Waals surface area contributed by atoms with Gasteiger partial charge in [0.2, 0.25) is 5.91 Å². The lowest BCUT2D eigenvalue weighted by Crippen LogP contribution is -2.36. The summed E-state index contributed by atoms with van der Waals surface area (Å²) in [5, 5.41) is 0.456. The SMILES string of the molecule is C[C@@H]1CN(C(=O)CCn2c(=O)[nH]c(=O)c3ccccc32)C[C@H]1N(C)C. The van der Waals surface area contributed by atoms with Crippen LogP contribution < -0.4 is 11.2 Å². The first-order valence-electron chi connectivity index (χ1n) is 8.54. The molecule has 2 heterocycles. The van der Waals surface area contributed by atoms with E-state index >= 15 is 0 Å². The largest absolute Gasteiger partial charge is 0.341 e. The smallest absolute Gasteiger partial charge is 0.328 e. The van der Waals surface area contributed by atoms with Gasteiger partial charge in [-0.05, 0) is 32.1 Å². The molecule has 7 nitrogen and oxygen atoms in total. The first-order chi connectivity index (χ1) is 11.9. The van der Waals surface area contributed by atoms with Crippen molar-refractivity contribution in [1.29, 1.82) is 0 Å². The van der Waals surface area contributed by atoms with Crippen LogP contribution in [-0.2, 0) is 11.3 Å². The van der Waals surface area contributed by atoms with E-state index in [1.807, 2.05) is 19.0 Å². The number of rotatable bonds is 4. The second kappa shape index (κ2) is 6.84. The molecule has 1 saturated heterocycles. The second-order valence-corrected chi connectivity index (χ2v) is 6.99. The summed E-state index contributed by atoms with van der Waals surface area (Å²) in [5.74, 6) is 0.467. The monoisotopic (exact) mass is 344 g/mol. The highest BCUT2D eigenvalue weighted by atomic mass is 16.2. The van der Waals surface area contributed by atoms with Gasteiger partial charge in [-0.1, -0.05) is 19.1 Å². The standard InChI is InChI=1S/C18H24N4O3/c1-12-10-21(11-15(12)20(2)3)16(23)8-9-22-14-7-5-4-6-13(14)17(24)19-18(22)25/h4-7,12,15H,8-11H2,1-3H3,(H,19,24,25)/t12-,15-/m1/s1. The van der Waals surface area contributed by atoms with E-state index in [4.69, 9.17) is 0 Å². The van der Waals surface area contributed by atoms with Crippen molar-refractivity contribution < 1.29 is 4.79 Å². The van der Waals surface area contributed by atoms with Crippen molar-refractivity contribution in [2.75, 3.05) is 27.2 Å². The number of hydrogen-bond acceptors (Lipinski definition) is 4. The molecule has 0 aliphatic carbocycles. The minimum absolute atomic E-state index is 0.0402. The zero-order valence-electron chi connectivity index (χ0n) is 14.9. The Morgan fingerprint density at radius 3 is 2.64 bits per heavy atom. The van der Waals surface area contributed by atoms with Crippen LogP contribution in [0.25, 0.3) is 10.9 Å². The molecule has 0 radical (unpaired) electrons. The van der Waals surface area contributed by atoms with E-state index in [9.17, 15) is 14.4 Å². The molecule has 0 unspecified atom stereocenters. The Bertz CT molecular complexity index is 899. The molecule has 1 aliphatic heterocycles. The van der Waals surface area contributed by atoms with Crippen LogP contribution in [0.1, 0.15) is 13.3 Å². The van der Waals surface area contributed by atoms with E-state index in [2.05, 4.69) is 16.8 Å². The predicted molar refractivity (Wildman–Crippen MR) is 96.7 cm³/mol. The van der Waals surface area contributed by atoms with Crippen LogP contribution in [0.5, 0.6) is 0 Å². The Hall–Kier alpha value is -2.41. The predicted octanol–water partition coefficient (Wildman–Crippen LogP) is 0.488. The van der Waals surface area contributed by atoms with Gasteiger partial charge in [0, 0.05) is 32.1 Å². The third-order valence-electron chi connectivity index (χ3n) is 5.04. The number of nitrogens with one attached hydrogen (secondary N) is 1. The summed E-state index contributed by atoms with van der Waals surface area (Å²) >= 11 is 0. The summed E-state index contributed by atoms with van der Waals surface area (Å²) in [7, 11) is 4.06. The molecule has 1 fully saturated rings. The summed E-state index contributed by atoms with van der Waals surface area (Å²) in [5.41, 5.74) is -0.312. The van der Waals surface area contributed by atoms with Gasteiger partial charge >= 0.3 is 5.69 Å². The van der Waals surface area contributed by atoms with E-state index < -0.39 is 11.2 Å². The van der Waals surface area contributed by atoms with Crippen LogP contribution in [0, 0.1) is 5.92 Å². The van der Waals surface area contributed by atoms with Crippen LogP contribution in [0.2, 0.25) is 0 Å². The molecule has 0 saturated carbocycles. The molecular formula is C18H24N4O3. The number of hydrogen-bond donors (Lipinski definition) is 1. The van der Waals surface area contributed by atoms with Crippen LogP contribution in [0.3, 0.4) is 0 Å². The Morgan fingerprint density at radius 1 is 1.24 bits per heavy atom. The third kappa shape index (κ3) is 3.37. The van der Waals surface area contributed by atoms with Gasteiger partial charge in [-0.2, -0.15) is 0 Å². The number of aromatic amines is 1. The maximum absolute atomic E-state index is 12.6. The fraction of sp³-hybridized carbons (Fsp3) is 0.500. The molecule has 25 heavy (non-hydrogen) atoms. The number of para-hydroxylation sites is 1. The molecule has 2 aromatic rings. The molecule has 3 rings (SSSR count). The van der Waals surface area contributed by atoms with Gasteiger partial charge in [0.15, 0.2) is 0 Å². The highest BCUT2D eigenvalue weighted by molar-refractivity contribution is 5.79. The molecule has 0 bridgehead atoms. The molecule has 2 atom stereocenters. The summed E-state index contributed by atoms with van der Waals surface area (Å²) in [6.07, 6.45) is 0.239. The van der Waals surface area contributed by atoms with Crippen molar-refractivity contribution in [2.45, 2.75) is 25.9 Å². The van der Waals surface area contributed by atoms with Crippen LogP contribution >= 0.6 is 0 Å². The lowest BCUT2D eigenvalue weighted by Gasteiger charge is -2.22. The summed E-state index contributed by atoms with van der Waals surface area (Å²) in [6, 6.07) is 7.31. The summed E-state index contributed by atoms with van der Waals surface area (Å²) in [6.45, 7) is 3.86. The fourth-order valence-electron chi connectivity index (χ4n) is 3.66. The maximum Gasteiger partial charge on any atom is 0.328 e. The van der Waals surface area contributed by atoms with E-state index in [0.717, 1.165) is 6.54 Å². The minimum atomic E-state index is -0.475. The van der Waals surface area contributed by atoms with E-state index in [1.165, 1.54) is 4.57 Å². The van der Waals surface area contributed by atoms with Crippen LogP contribution in [0.4, 0.5) is 0 Å². The van der Waals surface area contributed by atoms with Gasteiger partial charge in [0.05, 0.1) is 10.9 Å². The Kier molecular flexibility index (Phi) is 4.76. The number of carbonyl (C=O) groups excluding carboxylic acids is 1. The number of aryl methyl sites for hydroxylation is 1. The highest BCUT2D eigenvalue weighted by Crippen LogP contribution is 2.20. The van der Waals surface area contributed by atoms with Gasteiger partial charge < -0.3 is 9.80 Å². The first-order valence-corrected chi connectivity index (χ1v) is 8.54. The number of carbonyl (C=O) groups is 1. The number of amides is 1. The summed E-state index contributed by atoms with van der Waals surface area (Å²) in [4.78, 5) is 43.0. The highest BCUT2D eigenvalue weighted by Gasteiger charge is 2.33. The number of nitrogens with zero attached hydrogens (tertiary/aromatic N) is 3. The summed E-state index contributed by atoms with van der Waals surface area (Å²) < 4.78 is 1.47. The molecule has 1 aliphatic rings. The van der Waals surface area contributed by atoms with Crippen molar-refractivity contribution in [3.8, 4) is 0 Å². The van der Waals surface area contributed by atoms with Crippen molar-refractivity contribution in [3.05, 3.63) is 45.1 Å². The molecule has 7 heteroatoms. The minimum Gasteiger partial charge on any atom is -0.341 e. The lowest BCUT2D eigenvalue weighted by atomic mass is 10.1. The molecule has 1 N–H and O–H groups in total. The Labute approximate surface area is 145 Å². The number of likely N-dealkylation sites (N-methyl/N-ethyl adjacent to an activating group) is 1. The Balaban J connectivity index is 1.77. The van der Waals surface area contributed by atoms with Gasteiger partial charge in [0.1, 0.15) is 0 Å². The van der Waals surface area contributed by atoms with Crippen molar-refractivity contribution in [3.63, 3.8) is 0 Å². The molecular weight excluding hydrogens is 320 g/mol. The van der Waals surface area contributed by atoms with Crippen LogP contribution in [-0.4, -0.2) is 58.5 Å². The van der Waals surface area contributed by atoms with Gasteiger partial charge in [-0.15, -0.1) is 0 Å². The number of likely N-dealkylation sites (tertiary alicyclic amines) is 1. The molecule has 1 aromatic heterocycles. The third-order valence-corrected chi connectivity index (χ3v) is 5.04. The van der Waals surface area contributed by atoms with Gasteiger partial charge in [-0.3, -0.25) is 19.1 Å². The molecule has 1 aromatic carbocycles. The van der Waals surface area contributed by atoms with E-state index in [-0.39, 0.29) is 18.9 Å². The topological polar surface area (TPSA) is 78.4 Å². The Morgan fingerprint density at radius 2 is 1.96 bits per heavy atom. The second-order valence-electron chi connectivity index (χ2n) is 6.99. The maximum atomic E-state index is 12.6.